The van der Waals surface area contributed by atoms with Crippen molar-refractivity contribution in [1.82, 2.24) is 10.2 Å². The van der Waals surface area contributed by atoms with E-state index < -0.39 is 5.63 Å². The fourth-order valence-electron chi connectivity index (χ4n) is 4.69. The first kappa shape index (κ1) is 22.1. The van der Waals surface area contributed by atoms with Gasteiger partial charge in [0.05, 0.1) is 5.39 Å². The van der Waals surface area contributed by atoms with Crippen LogP contribution in [-0.4, -0.2) is 29.9 Å². The SMILES string of the molecule is Cc1ccc(-c2c(C(=O)NC3CCN(Cc4ccccc4)CC3)oc(=O)c3ccccc23)cc1. The minimum atomic E-state index is -0.491. The van der Waals surface area contributed by atoms with Crippen LogP contribution < -0.4 is 10.9 Å². The zero-order chi connectivity index (χ0) is 23.5. The number of rotatable bonds is 5. The number of amides is 1. The van der Waals surface area contributed by atoms with Gasteiger partial charge in [0.1, 0.15) is 0 Å². The Morgan fingerprint density at radius 2 is 1.56 bits per heavy atom. The van der Waals surface area contributed by atoms with E-state index in [0.717, 1.165) is 49.0 Å². The number of aryl methyl sites for hydroxylation is 1. The fourth-order valence-corrected chi connectivity index (χ4v) is 4.69. The Labute approximate surface area is 199 Å². The van der Waals surface area contributed by atoms with Gasteiger partial charge in [0, 0.05) is 36.6 Å². The summed E-state index contributed by atoms with van der Waals surface area (Å²) in [6.07, 6.45) is 1.71. The van der Waals surface area contributed by atoms with Crippen LogP contribution in [0.15, 0.2) is 88.1 Å². The van der Waals surface area contributed by atoms with E-state index in [9.17, 15) is 9.59 Å². The molecule has 5 nitrogen and oxygen atoms in total. The number of carbonyl (C=O) groups excluding carboxylic acids is 1. The molecule has 0 bridgehead atoms. The topological polar surface area (TPSA) is 62.6 Å². The van der Waals surface area contributed by atoms with E-state index >= 15 is 0 Å². The lowest BCUT2D eigenvalue weighted by Gasteiger charge is -2.32. The minimum Gasteiger partial charge on any atom is -0.416 e. The summed E-state index contributed by atoms with van der Waals surface area (Å²) in [5.74, 6) is -0.251. The first-order chi connectivity index (χ1) is 16.6. The average Bonchev–Trinajstić information content (AvgIpc) is 2.86. The molecule has 0 unspecified atom stereocenters. The maximum Gasteiger partial charge on any atom is 0.344 e. The highest BCUT2D eigenvalue weighted by Gasteiger charge is 2.26. The van der Waals surface area contributed by atoms with Gasteiger partial charge in [-0.25, -0.2) is 4.79 Å². The third-order valence-electron chi connectivity index (χ3n) is 6.56. The van der Waals surface area contributed by atoms with Crippen LogP contribution in [0.25, 0.3) is 21.9 Å². The van der Waals surface area contributed by atoms with Crippen LogP contribution in [0.5, 0.6) is 0 Å². The van der Waals surface area contributed by atoms with Crippen molar-refractivity contribution in [2.75, 3.05) is 13.1 Å². The molecule has 0 aliphatic carbocycles. The highest BCUT2D eigenvalue weighted by atomic mass is 16.4. The van der Waals surface area contributed by atoms with E-state index in [-0.39, 0.29) is 17.7 Å². The fraction of sp³-hybridized carbons (Fsp3) is 0.241. The van der Waals surface area contributed by atoms with Gasteiger partial charge >= 0.3 is 5.63 Å². The molecule has 1 aliphatic rings. The van der Waals surface area contributed by atoms with E-state index in [0.29, 0.717) is 10.9 Å². The predicted octanol–water partition coefficient (Wildman–Crippen LogP) is 5.16. The van der Waals surface area contributed by atoms with Crippen molar-refractivity contribution in [3.63, 3.8) is 0 Å². The van der Waals surface area contributed by atoms with Crippen molar-refractivity contribution in [2.24, 2.45) is 0 Å². The number of piperidine rings is 1. The molecule has 172 valence electrons. The zero-order valence-corrected chi connectivity index (χ0v) is 19.3. The molecule has 0 saturated carbocycles. The molecule has 3 aromatic carbocycles. The highest BCUT2D eigenvalue weighted by Crippen LogP contribution is 2.31. The van der Waals surface area contributed by atoms with Crippen LogP contribution >= 0.6 is 0 Å². The van der Waals surface area contributed by atoms with Crippen LogP contribution in [0.4, 0.5) is 0 Å². The number of likely N-dealkylation sites (tertiary alicyclic amines) is 1. The third-order valence-corrected chi connectivity index (χ3v) is 6.56. The van der Waals surface area contributed by atoms with Crippen LogP contribution in [0, 0.1) is 6.92 Å². The van der Waals surface area contributed by atoms with Gasteiger partial charge in [-0.15, -0.1) is 0 Å². The van der Waals surface area contributed by atoms with Crippen LogP contribution in [0.3, 0.4) is 0 Å². The zero-order valence-electron chi connectivity index (χ0n) is 19.3. The van der Waals surface area contributed by atoms with Gasteiger partial charge in [0.2, 0.25) is 5.76 Å². The lowest BCUT2D eigenvalue weighted by Crippen LogP contribution is -2.44. The molecule has 0 atom stereocenters. The summed E-state index contributed by atoms with van der Waals surface area (Å²) in [6.45, 7) is 4.75. The Morgan fingerprint density at radius 1 is 0.912 bits per heavy atom. The van der Waals surface area contributed by atoms with Crippen molar-refractivity contribution in [2.45, 2.75) is 32.4 Å². The Balaban J connectivity index is 1.38. The van der Waals surface area contributed by atoms with E-state index in [4.69, 9.17) is 4.42 Å². The monoisotopic (exact) mass is 452 g/mol. The maximum atomic E-state index is 13.4. The van der Waals surface area contributed by atoms with E-state index in [2.05, 4.69) is 34.5 Å². The number of nitrogens with one attached hydrogen (secondary N) is 1. The largest absolute Gasteiger partial charge is 0.416 e. The molecule has 5 rings (SSSR count). The molecule has 0 spiro atoms. The first-order valence-electron chi connectivity index (χ1n) is 11.8. The average molecular weight is 453 g/mol. The number of hydrogen-bond acceptors (Lipinski definition) is 4. The van der Waals surface area contributed by atoms with Crippen molar-refractivity contribution >= 4 is 16.7 Å². The second kappa shape index (κ2) is 9.65. The lowest BCUT2D eigenvalue weighted by molar-refractivity contribution is 0.0878. The van der Waals surface area contributed by atoms with Gasteiger partial charge in [-0.1, -0.05) is 78.4 Å². The highest BCUT2D eigenvalue weighted by molar-refractivity contribution is 6.07. The molecule has 1 saturated heterocycles. The Kier molecular flexibility index (Phi) is 6.28. The summed E-state index contributed by atoms with van der Waals surface area (Å²) >= 11 is 0. The number of fused-ring (bicyclic) bond motifs is 1. The molecule has 4 aromatic rings. The van der Waals surface area contributed by atoms with E-state index in [1.54, 1.807) is 12.1 Å². The second-order valence-corrected chi connectivity index (χ2v) is 9.01. The number of nitrogens with zero attached hydrogens (tertiary/aromatic N) is 1. The molecule has 5 heteroatoms. The van der Waals surface area contributed by atoms with Gasteiger partial charge in [0.25, 0.3) is 5.91 Å². The smallest absolute Gasteiger partial charge is 0.344 e. The maximum absolute atomic E-state index is 13.4. The van der Waals surface area contributed by atoms with Crippen molar-refractivity contribution < 1.29 is 9.21 Å². The summed E-state index contributed by atoms with van der Waals surface area (Å²) in [4.78, 5) is 28.5. The van der Waals surface area contributed by atoms with Crippen LogP contribution in [0.1, 0.15) is 34.5 Å². The third kappa shape index (κ3) is 4.66. The molecule has 0 radical (unpaired) electrons. The summed E-state index contributed by atoms with van der Waals surface area (Å²) in [5.41, 5.74) is 3.45. The molecule has 34 heavy (non-hydrogen) atoms. The quantitative estimate of drug-likeness (QED) is 0.454. The van der Waals surface area contributed by atoms with Gasteiger partial charge in [0.15, 0.2) is 0 Å². The normalized spacial score (nSPS) is 14.9. The van der Waals surface area contributed by atoms with E-state index in [1.165, 1.54) is 5.56 Å². The summed E-state index contributed by atoms with van der Waals surface area (Å²) in [6, 6.07) is 25.7. The Bertz CT molecular complexity index is 1350. The van der Waals surface area contributed by atoms with Gasteiger partial charge < -0.3 is 9.73 Å². The van der Waals surface area contributed by atoms with Crippen molar-refractivity contribution in [1.29, 1.82) is 0 Å². The molecule has 2 heterocycles. The Morgan fingerprint density at radius 3 is 2.26 bits per heavy atom. The van der Waals surface area contributed by atoms with Crippen LogP contribution in [-0.2, 0) is 6.54 Å². The van der Waals surface area contributed by atoms with Crippen molar-refractivity contribution in [3.05, 3.63) is 106 Å². The molecule has 1 aromatic heterocycles. The minimum absolute atomic E-state index is 0.0437. The second-order valence-electron chi connectivity index (χ2n) is 9.01. The van der Waals surface area contributed by atoms with Crippen molar-refractivity contribution in [3.8, 4) is 11.1 Å². The van der Waals surface area contributed by atoms with E-state index in [1.807, 2.05) is 49.4 Å². The van der Waals surface area contributed by atoms with Gasteiger partial charge in [-0.05, 0) is 37.0 Å². The molecule has 1 fully saturated rings. The summed E-state index contributed by atoms with van der Waals surface area (Å²) in [7, 11) is 0. The van der Waals surface area contributed by atoms with Crippen LogP contribution in [0.2, 0.25) is 0 Å². The molecule has 1 N–H and O–H groups in total. The lowest BCUT2D eigenvalue weighted by atomic mass is 9.97. The number of hydrogen-bond donors (Lipinski definition) is 1. The number of benzene rings is 3. The van der Waals surface area contributed by atoms with Gasteiger partial charge in [-0.3, -0.25) is 9.69 Å². The van der Waals surface area contributed by atoms with Gasteiger partial charge in [-0.2, -0.15) is 0 Å². The molecular formula is C29H28N2O3. The summed E-state index contributed by atoms with van der Waals surface area (Å²) in [5, 5.41) is 4.34. The summed E-state index contributed by atoms with van der Waals surface area (Å²) < 4.78 is 5.63. The molecule has 1 aliphatic heterocycles. The standard InChI is InChI=1S/C29H28N2O3/c1-20-11-13-22(14-12-20)26-24-9-5-6-10-25(24)29(33)34-27(26)28(32)30-23-15-17-31(18-16-23)19-21-7-3-2-4-8-21/h2-14,23H,15-19H2,1H3,(H,30,32). The number of carbonyl (C=O) groups is 1. The molecular weight excluding hydrogens is 424 g/mol. The first-order valence-corrected chi connectivity index (χ1v) is 11.8. The Hall–Kier alpha value is -3.70. The predicted molar refractivity (Wildman–Crippen MR) is 135 cm³/mol. The molecule has 1 amide bonds.